The fourth-order valence-corrected chi connectivity index (χ4v) is 3.15. The molecule has 2 heteroatoms. The number of rotatable bonds is 2. The van der Waals surface area contributed by atoms with Crippen molar-refractivity contribution in [2.75, 3.05) is 13.2 Å². The lowest BCUT2D eigenvalue weighted by atomic mass is 9.86. The average Bonchev–Trinajstić information content (AvgIpc) is 2.59. The molecule has 2 saturated heterocycles. The largest absolute Gasteiger partial charge is 0.396 e. The van der Waals surface area contributed by atoms with Crippen molar-refractivity contribution in [3.05, 3.63) is 0 Å². The van der Waals surface area contributed by atoms with E-state index < -0.39 is 0 Å². The Balaban J connectivity index is 1.99. The van der Waals surface area contributed by atoms with Gasteiger partial charge in [-0.05, 0) is 44.6 Å². The number of aliphatic hydroxyl groups excluding tert-OH is 1. The van der Waals surface area contributed by atoms with Gasteiger partial charge in [0, 0.05) is 18.7 Å². The van der Waals surface area contributed by atoms with E-state index in [9.17, 15) is 0 Å². The molecule has 2 nitrogen and oxygen atoms in total. The highest BCUT2D eigenvalue weighted by atomic mass is 16.3. The molecule has 2 fully saturated rings. The molecule has 13 heavy (non-hydrogen) atoms. The van der Waals surface area contributed by atoms with Crippen LogP contribution in [0.4, 0.5) is 0 Å². The summed E-state index contributed by atoms with van der Waals surface area (Å²) in [4.78, 5) is 2.66. The number of piperidine rings is 1. The smallest absolute Gasteiger partial charge is 0.0445 e. The zero-order valence-corrected chi connectivity index (χ0v) is 8.58. The standard InChI is InChI=1S/C11H21NO/c1-9-4-5-10(6-8-13)12-7-2-3-11(9)12/h9-11,13H,2-8H2,1H3/t9-,10+,11+/m1/s1. The Hall–Kier alpha value is -0.0800. The molecule has 1 N–H and O–H groups in total. The topological polar surface area (TPSA) is 23.5 Å². The van der Waals surface area contributed by atoms with Gasteiger partial charge in [0.25, 0.3) is 0 Å². The van der Waals surface area contributed by atoms with Crippen molar-refractivity contribution in [1.29, 1.82) is 0 Å². The molecule has 2 heterocycles. The molecular formula is C11H21NO. The third-order valence-electron chi connectivity index (χ3n) is 3.89. The van der Waals surface area contributed by atoms with E-state index in [1.807, 2.05) is 0 Å². The molecule has 0 aromatic heterocycles. The van der Waals surface area contributed by atoms with Crippen molar-refractivity contribution in [1.82, 2.24) is 4.90 Å². The minimum atomic E-state index is 0.363. The van der Waals surface area contributed by atoms with E-state index in [1.165, 1.54) is 32.2 Å². The quantitative estimate of drug-likeness (QED) is 0.703. The van der Waals surface area contributed by atoms with Gasteiger partial charge in [-0.2, -0.15) is 0 Å². The SMILES string of the molecule is C[C@@H]1CC[C@@H](CCO)N2CCC[C@@H]12. The van der Waals surface area contributed by atoms with Gasteiger partial charge >= 0.3 is 0 Å². The first-order valence-corrected chi connectivity index (χ1v) is 5.69. The van der Waals surface area contributed by atoms with E-state index in [2.05, 4.69) is 11.8 Å². The van der Waals surface area contributed by atoms with Crippen LogP contribution in [0.1, 0.15) is 39.0 Å². The minimum Gasteiger partial charge on any atom is -0.396 e. The molecule has 0 aromatic rings. The van der Waals surface area contributed by atoms with Gasteiger partial charge in [0.15, 0.2) is 0 Å². The van der Waals surface area contributed by atoms with E-state index >= 15 is 0 Å². The Kier molecular flexibility index (Phi) is 2.89. The molecule has 0 radical (unpaired) electrons. The third-order valence-corrected chi connectivity index (χ3v) is 3.89. The van der Waals surface area contributed by atoms with Gasteiger partial charge < -0.3 is 5.11 Å². The first kappa shape index (κ1) is 9.47. The first-order chi connectivity index (χ1) is 6.33. The highest BCUT2D eigenvalue weighted by molar-refractivity contribution is 4.92. The fourth-order valence-electron chi connectivity index (χ4n) is 3.15. The lowest BCUT2D eigenvalue weighted by molar-refractivity contribution is 0.0653. The van der Waals surface area contributed by atoms with Crippen LogP contribution in [-0.4, -0.2) is 35.2 Å². The van der Waals surface area contributed by atoms with E-state index in [0.29, 0.717) is 12.6 Å². The van der Waals surface area contributed by atoms with E-state index in [4.69, 9.17) is 5.11 Å². The van der Waals surface area contributed by atoms with Gasteiger partial charge in [0.05, 0.1) is 0 Å². The van der Waals surface area contributed by atoms with Gasteiger partial charge in [-0.3, -0.25) is 4.90 Å². The summed E-state index contributed by atoms with van der Waals surface area (Å²) in [5.41, 5.74) is 0. The minimum absolute atomic E-state index is 0.363. The van der Waals surface area contributed by atoms with Crippen LogP contribution in [0.2, 0.25) is 0 Å². The van der Waals surface area contributed by atoms with E-state index in [1.54, 1.807) is 0 Å². The van der Waals surface area contributed by atoms with Crippen molar-refractivity contribution in [3.63, 3.8) is 0 Å². The van der Waals surface area contributed by atoms with Crippen LogP contribution in [-0.2, 0) is 0 Å². The lowest BCUT2D eigenvalue weighted by Crippen LogP contribution is -2.46. The van der Waals surface area contributed by atoms with Crippen LogP contribution in [0, 0.1) is 5.92 Å². The van der Waals surface area contributed by atoms with Crippen molar-refractivity contribution < 1.29 is 5.11 Å². The number of fused-ring (bicyclic) bond motifs is 1. The van der Waals surface area contributed by atoms with Gasteiger partial charge in [0.2, 0.25) is 0 Å². The van der Waals surface area contributed by atoms with Crippen LogP contribution in [0.25, 0.3) is 0 Å². The number of hydrogen-bond donors (Lipinski definition) is 1. The predicted octanol–water partition coefficient (Wildman–Crippen LogP) is 1.63. The highest BCUT2D eigenvalue weighted by Crippen LogP contribution is 2.35. The molecule has 0 unspecified atom stereocenters. The van der Waals surface area contributed by atoms with Crippen molar-refractivity contribution in [2.45, 2.75) is 51.1 Å². The summed E-state index contributed by atoms with van der Waals surface area (Å²) in [6.45, 7) is 4.03. The summed E-state index contributed by atoms with van der Waals surface area (Å²) in [5, 5.41) is 8.98. The summed E-state index contributed by atoms with van der Waals surface area (Å²) in [6, 6.07) is 1.53. The van der Waals surface area contributed by atoms with E-state index in [-0.39, 0.29) is 0 Å². The van der Waals surface area contributed by atoms with Gasteiger partial charge in [-0.25, -0.2) is 0 Å². The Morgan fingerprint density at radius 1 is 1.31 bits per heavy atom. The molecule has 0 amide bonds. The van der Waals surface area contributed by atoms with Crippen molar-refractivity contribution >= 4 is 0 Å². The second-order valence-corrected chi connectivity index (χ2v) is 4.67. The molecule has 2 aliphatic heterocycles. The predicted molar refractivity (Wildman–Crippen MR) is 53.6 cm³/mol. The summed E-state index contributed by atoms with van der Waals surface area (Å²) in [6.07, 6.45) is 6.42. The molecule has 0 bridgehead atoms. The molecule has 2 aliphatic rings. The highest BCUT2D eigenvalue weighted by Gasteiger charge is 2.37. The number of nitrogens with zero attached hydrogens (tertiary/aromatic N) is 1. The first-order valence-electron chi connectivity index (χ1n) is 5.69. The summed E-state index contributed by atoms with van der Waals surface area (Å²) >= 11 is 0. The normalized spacial score (nSPS) is 40.6. The van der Waals surface area contributed by atoms with E-state index in [0.717, 1.165) is 18.4 Å². The maximum atomic E-state index is 8.98. The number of hydrogen-bond acceptors (Lipinski definition) is 2. The molecule has 3 atom stereocenters. The van der Waals surface area contributed by atoms with Crippen LogP contribution < -0.4 is 0 Å². The van der Waals surface area contributed by atoms with Crippen LogP contribution in [0.15, 0.2) is 0 Å². The van der Waals surface area contributed by atoms with Crippen LogP contribution in [0.5, 0.6) is 0 Å². The van der Waals surface area contributed by atoms with Crippen LogP contribution in [0.3, 0.4) is 0 Å². The molecule has 0 aromatic carbocycles. The summed E-state index contributed by atoms with van der Waals surface area (Å²) in [5.74, 6) is 0.887. The molecule has 0 saturated carbocycles. The fraction of sp³-hybridized carbons (Fsp3) is 1.00. The zero-order valence-electron chi connectivity index (χ0n) is 8.58. The molecule has 0 spiro atoms. The third kappa shape index (κ3) is 1.75. The molecule has 2 rings (SSSR count). The van der Waals surface area contributed by atoms with Gasteiger partial charge in [-0.1, -0.05) is 6.92 Å². The van der Waals surface area contributed by atoms with Crippen molar-refractivity contribution in [3.8, 4) is 0 Å². The average molecular weight is 183 g/mol. The molecule has 0 aliphatic carbocycles. The molecule has 76 valence electrons. The monoisotopic (exact) mass is 183 g/mol. The second kappa shape index (κ2) is 3.97. The number of aliphatic hydroxyl groups is 1. The Bertz CT molecular complexity index is 171. The van der Waals surface area contributed by atoms with Gasteiger partial charge in [-0.15, -0.1) is 0 Å². The van der Waals surface area contributed by atoms with Gasteiger partial charge in [0.1, 0.15) is 0 Å². The maximum absolute atomic E-state index is 8.98. The molecular weight excluding hydrogens is 162 g/mol. The lowest BCUT2D eigenvalue weighted by Gasteiger charge is -2.41. The van der Waals surface area contributed by atoms with Crippen LogP contribution >= 0.6 is 0 Å². The maximum Gasteiger partial charge on any atom is 0.0445 e. The Labute approximate surface area is 80.9 Å². The second-order valence-electron chi connectivity index (χ2n) is 4.67. The van der Waals surface area contributed by atoms with Crippen molar-refractivity contribution in [2.24, 2.45) is 5.92 Å². The Morgan fingerprint density at radius 3 is 2.92 bits per heavy atom. The summed E-state index contributed by atoms with van der Waals surface area (Å²) in [7, 11) is 0. The Morgan fingerprint density at radius 2 is 2.15 bits per heavy atom. The zero-order chi connectivity index (χ0) is 9.26. The summed E-state index contributed by atoms with van der Waals surface area (Å²) < 4.78 is 0.